The minimum absolute atomic E-state index is 0.109. The number of aliphatic hydroxyl groups is 2. The number of allylic oxidation sites excluding steroid dienone is 4. The zero-order valence-electron chi connectivity index (χ0n) is 12.8. The van der Waals surface area contributed by atoms with E-state index in [9.17, 15) is 9.90 Å². The average Bonchev–Trinajstić information content (AvgIpc) is 2.47. The first-order valence-electron chi connectivity index (χ1n) is 8.37. The summed E-state index contributed by atoms with van der Waals surface area (Å²) in [6, 6.07) is 0. The smallest absolute Gasteiger partial charge is 0.159 e. The predicted octanol–water partition coefficient (Wildman–Crippen LogP) is 2.77. The first kappa shape index (κ1) is 15.0. The van der Waals surface area contributed by atoms with Gasteiger partial charge in [-0.3, -0.25) is 4.79 Å². The van der Waals surface area contributed by atoms with Crippen molar-refractivity contribution in [1.82, 2.24) is 0 Å². The van der Waals surface area contributed by atoms with Crippen LogP contribution in [-0.4, -0.2) is 28.7 Å². The van der Waals surface area contributed by atoms with Gasteiger partial charge in [-0.25, -0.2) is 0 Å². The summed E-state index contributed by atoms with van der Waals surface area (Å²) in [4.78, 5) is 11.9. The maximum Gasteiger partial charge on any atom is 0.159 e. The monoisotopic (exact) mass is 290 g/mol. The van der Waals surface area contributed by atoms with Crippen molar-refractivity contribution in [3.05, 3.63) is 22.8 Å². The number of fused-ring (bicyclic) bond motifs is 2. The molecule has 4 unspecified atom stereocenters. The highest BCUT2D eigenvalue weighted by atomic mass is 16.3. The highest BCUT2D eigenvalue weighted by molar-refractivity contribution is 5.94. The van der Waals surface area contributed by atoms with Crippen LogP contribution in [0, 0.1) is 17.8 Å². The van der Waals surface area contributed by atoms with Crippen LogP contribution in [0.1, 0.15) is 51.9 Å². The molecule has 0 radical (unpaired) electrons. The van der Waals surface area contributed by atoms with Crippen LogP contribution in [0.5, 0.6) is 0 Å². The lowest BCUT2D eigenvalue weighted by atomic mass is 9.63. The van der Waals surface area contributed by atoms with E-state index in [1.165, 1.54) is 16.7 Å². The number of rotatable bonds is 3. The van der Waals surface area contributed by atoms with Crippen LogP contribution in [0.15, 0.2) is 22.8 Å². The van der Waals surface area contributed by atoms with Crippen molar-refractivity contribution in [3.8, 4) is 0 Å². The largest absolute Gasteiger partial charge is 0.396 e. The van der Waals surface area contributed by atoms with Gasteiger partial charge in [0, 0.05) is 12.5 Å². The molecular formula is C18H26O3. The van der Waals surface area contributed by atoms with E-state index >= 15 is 0 Å². The van der Waals surface area contributed by atoms with Crippen LogP contribution in [0.25, 0.3) is 0 Å². The molecule has 1 saturated carbocycles. The normalized spacial score (nSPS) is 36.1. The molecule has 0 aliphatic heterocycles. The van der Waals surface area contributed by atoms with Crippen LogP contribution in [0.2, 0.25) is 0 Å². The number of hydrogen-bond donors (Lipinski definition) is 2. The third-order valence-electron chi connectivity index (χ3n) is 5.68. The maximum atomic E-state index is 11.9. The van der Waals surface area contributed by atoms with Crippen molar-refractivity contribution in [1.29, 1.82) is 0 Å². The summed E-state index contributed by atoms with van der Waals surface area (Å²) in [6.07, 6.45) is 8.07. The number of ketones is 1. The zero-order chi connectivity index (χ0) is 15.0. The third-order valence-corrected chi connectivity index (χ3v) is 5.68. The second-order valence-corrected chi connectivity index (χ2v) is 6.96. The molecule has 4 atom stereocenters. The molecule has 21 heavy (non-hydrogen) atoms. The Hall–Kier alpha value is -0.930. The summed E-state index contributed by atoms with van der Waals surface area (Å²) in [5, 5.41) is 19.4. The van der Waals surface area contributed by atoms with Gasteiger partial charge in [0.15, 0.2) is 5.78 Å². The summed E-state index contributed by atoms with van der Waals surface area (Å²) in [6.45, 7) is 2.23. The van der Waals surface area contributed by atoms with Crippen LogP contribution in [0.3, 0.4) is 0 Å². The minimum Gasteiger partial charge on any atom is -0.396 e. The van der Waals surface area contributed by atoms with E-state index in [2.05, 4.69) is 0 Å². The molecule has 0 aromatic rings. The van der Waals surface area contributed by atoms with E-state index in [1.807, 2.05) is 13.0 Å². The van der Waals surface area contributed by atoms with Gasteiger partial charge in [0.2, 0.25) is 0 Å². The van der Waals surface area contributed by atoms with E-state index in [-0.39, 0.29) is 24.4 Å². The Morgan fingerprint density at radius 1 is 1.29 bits per heavy atom. The molecule has 0 aromatic heterocycles. The fourth-order valence-electron chi connectivity index (χ4n) is 4.52. The van der Waals surface area contributed by atoms with Crippen LogP contribution in [-0.2, 0) is 4.79 Å². The van der Waals surface area contributed by atoms with Gasteiger partial charge >= 0.3 is 0 Å². The van der Waals surface area contributed by atoms with E-state index in [4.69, 9.17) is 5.11 Å². The summed E-state index contributed by atoms with van der Waals surface area (Å²) in [5.74, 6) is 1.15. The van der Waals surface area contributed by atoms with Gasteiger partial charge in [-0.15, -0.1) is 0 Å². The van der Waals surface area contributed by atoms with Crippen molar-refractivity contribution in [2.75, 3.05) is 6.61 Å². The topological polar surface area (TPSA) is 57.5 Å². The highest BCUT2D eigenvalue weighted by Crippen LogP contribution is 2.49. The molecule has 0 bridgehead atoms. The molecule has 0 amide bonds. The molecule has 3 aliphatic carbocycles. The van der Waals surface area contributed by atoms with E-state index in [1.54, 1.807) is 0 Å². The van der Waals surface area contributed by atoms with Crippen LogP contribution in [0.4, 0.5) is 0 Å². The van der Waals surface area contributed by atoms with Crippen molar-refractivity contribution in [3.63, 3.8) is 0 Å². The maximum absolute atomic E-state index is 11.9. The fourth-order valence-corrected chi connectivity index (χ4v) is 4.52. The molecule has 0 spiro atoms. The van der Waals surface area contributed by atoms with Gasteiger partial charge in [-0.2, -0.15) is 0 Å². The molecule has 3 rings (SSSR count). The number of aliphatic hydroxyl groups excluding tert-OH is 2. The Balaban J connectivity index is 1.91. The van der Waals surface area contributed by atoms with Crippen LogP contribution < -0.4 is 0 Å². The Kier molecular flexibility index (Phi) is 4.32. The standard InChI is InChI=1S/C18H26O3/c1-11-9-16-12(10-18(11)21)4-5-13-14(16)6-7-17(20)15(13)3-2-8-19/h10-11,13,15,17,19-20H,2-9H2,1H3. The van der Waals surface area contributed by atoms with Gasteiger partial charge in [0.25, 0.3) is 0 Å². The summed E-state index contributed by atoms with van der Waals surface area (Å²) < 4.78 is 0. The molecule has 3 heteroatoms. The van der Waals surface area contributed by atoms with Crippen LogP contribution >= 0.6 is 0 Å². The SMILES string of the molecule is CC1CC2=C3CCC(O)C(CCCO)C3CCC2=CC1=O. The lowest BCUT2D eigenvalue weighted by Crippen LogP contribution is -2.37. The summed E-state index contributed by atoms with van der Waals surface area (Å²) in [7, 11) is 0. The molecule has 0 aromatic carbocycles. The van der Waals surface area contributed by atoms with Gasteiger partial charge in [0.1, 0.15) is 0 Å². The van der Waals surface area contributed by atoms with Gasteiger partial charge in [-0.05, 0) is 74.0 Å². The molecular weight excluding hydrogens is 264 g/mol. The number of carbonyl (C=O) groups excluding carboxylic acids is 1. The molecule has 2 N–H and O–H groups in total. The quantitative estimate of drug-likeness (QED) is 0.840. The molecule has 0 saturated heterocycles. The first-order valence-corrected chi connectivity index (χ1v) is 8.37. The minimum atomic E-state index is -0.223. The second-order valence-electron chi connectivity index (χ2n) is 6.96. The summed E-state index contributed by atoms with van der Waals surface area (Å²) in [5.41, 5.74) is 4.21. The zero-order valence-corrected chi connectivity index (χ0v) is 12.8. The second kappa shape index (κ2) is 6.05. The average molecular weight is 290 g/mol. The molecule has 116 valence electrons. The van der Waals surface area contributed by atoms with E-state index in [0.29, 0.717) is 11.8 Å². The number of hydrogen-bond acceptors (Lipinski definition) is 3. The third kappa shape index (κ3) is 2.74. The van der Waals surface area contributed by atoms with Crippen molar-refractivity contribution in [2.45, 2.75) is 58.0 Å². The highest BCUT2D eigenvalue weighted by Gasteiger charge is 2.40. The Labute approximate surface area is 126 Å². The lowest BCUT2D eigenvalue weighted by Gasteiger charge is -2.43. The number of carbonyl (C=O) groups is 1. The Bertz CT molecular complexity index is 489. The molecule has 3 aliphatic rings. The fraction of sp³-hybridized carbons (Fsp3) is 0.722. The van der Waals surface area contributed by atoms with E-state index in [0.717, 1.165) is 44.9 Å². The predicted molar refractivity (Wildman–Crippen MR) is 81.7 cm³/mol. The van der Waals surface area contributed by atoms with Crippen molar-refractivity contribution < 1.29 is 15.0 Å². The lowest BCUT2D eigenvalue weighted by molar-refractivity contribution is -0.118. The van der Waals surface area contributed by atoms with Gasteiger partial charge in [-0.1, -0.05) is 12.5 Å². The molecule has 0 heterocycles. The molecule has 1 fully saturated rings. The summed E-state index contributed by atoms with van der Waals surface area (Å²) >= 11 is 0. The van der Waals surface area contributed by atoms with Gasteiger partial charge < -0.3 is 10.2 Å². The first-order chi connectivity index (χ1) is 10.1. The van der Waals surface area contributed by atoms with E-state index < -0.39 is 0 Å². The molecule has 3 nitrogen and oxygen atoms in total. The Morgan fingerprint density at radius 3 is 2.86 bits per heavy atom. The van der Waals surface area contributed by atoms with Crippen molar-refractivity contribution in [2.24, 2.45) is 17.8 Å². The van der Waals surface area contributed by atoms with Gasteiger partial charge in [0.05, 0.1) is 6.10 Å². The van der Waals surface area contributed by atoms with Crippen molar-refractivity contribution >= 4 is 5.78 Å². The Morgan fingerprint density at radius 2 is 2.10 bits per heavy atom.